The molecule has 0 fully saturated rings. The van der Waals surface area contributed by atoms with Crippen LogP contribution in [0.1, 0.15) is 37.0 Å². The number of hydrogen-bond donors (Lipinski definition) is 1. The van der Waals surface area contributed by atoms with Gasteiger partial charge in [-0.3, -0.25) is 13.9 Å². The summed E-state index contributed by atoms with van der Waals surface area (Å²) in [4.78, 5) is 28.4. The first kappa shape index (κ1) is 29.2. The molecular formula is C29H34ClN3O4S. The minimum atomic E-state index is -4.13. The fraction of sp³-hybridized carbons (Fsp3) is 0.310. The number of carbonyl (C=O) groups is 2. The molecule has 1 atom stereocenters. The van der Waals surface area contributed by atoms with E-state index in [1.807, 2.05) is 52.0 Å². The molecule has 0 aromatic heterocycles. The number of nitrogens with one attached hydrogen (secondary N) is 1. The predicted molar refractivity (Wildman–Crippen MR) is 152 cm³/mol. The number of anilines is 1. The maximum atomic E-state index is 13.9. The third-order valence-electron chi connectivity index (χ3n) is 6.26. The van der Waals surface area contributed by atoms with Crippen LogP contribution in [0.25, 0.3) is 0 Å². The molecule has 202 valence electrons. The molecule has 0 saturated carbocycles. The van der Waals surface area contributed by atoms with Gasteiger partial charge >= 0.3 is 0 Å². The minimum absolute atomic E-state index is 0.0466. The summed E-state index contributed by atoms with van der Waals surface area (Å²) in [5.74, 6) is -0.786. The Bertz CT molecular complexity index is 1360. The van der Waals surface area contributed by atoms with Gasteiger partial charge in [0.2, 0.25) is 11.8 Å². The molecule has 0 spiro atoms. The Morgan fingerprint density at radius 1 is 0.947 bits per heavy atom. The Balaban J connectivity index is 2.06. The van der Waals surface area contributed by atoms with Crippen LogP contribution in [0.4, 0.5) is 5.69 Å². The van der Waals surface area contributed by atoms with E-state index in [9.17, 15) is 18.0 Å². The molecule has 0 aliphatic heterocycles. The molecule has 3 aromatic carbocycles. The zero-order chi connectivity index (χ0) is 27.9. The normalized spacial score (nSPS) is 12.0. The highest BCUT2D eigenvalue weighted by atomic mass is 35.5. The van der Waals surface area contributed by atoms with Crippen LogP contribution < -0.4 is 9.62 Å². The molecule has 3 rings (SSSR count). The van der Waals surface area contributed by atoms with Crippen LogP contribution in [0, 0.1) is 13.8 Å². The lowest BCUT2D eigenvalue weighted by atomic mass is 10.1. The number of amides is 2. The summed E-state index contributed by atoms with van der Waals surface area (Å²) in [7, 11) is -4.13. The first-order valence-electron chi connectivity index (χ1n) is 12.5. The van der Waals surface area contributed by atoms with E-state index in [0.717, 1.165) is 21.0 Å². The molecule has 7 nitrogen and oxygen atoms in total. The molecule has 38 heavy (non-hydrogen) atoms. The molecule has 9 heteroatoms. The zero-order valence-electron chi connectivity index (χ0n) is 22.1. The topological polar surface area (TPSA) is 86.8 Å². The molecule has 1 N–H and O–H groups in total. The van der Waals surface area contributed by atoms with Crippen molar-refractivity contribution in [2.45, 2.75) is 51.6 Å². The summed E-state index contributed by atoms with van der Waals surface area (Å²) >= 11 is 6.35. The van der Waals surface area contributed by atoms with Crippen molar-refractivity contribution in [3.05, 3.63) is 94.5 Å². The fourth-order valence-corrected chi connectivity index (χ4v) is 5.69. The van der Waals surface area contributed by atoms with Crippen molar-refractivity contribution in [3.8, 4) is 0 Å². The molecule has 0 saturated heterocycles. The van der Waals surface area contributed by atoms with Gasteiger partial charge in [0, 0.05) is 18.1 Å². The van der Waals surface area contributed by atoms with Gasteiger partial charge in [-0.05, 0) is 62.6 Å². The van der Waals surface area contributed by atoms with Gasteiger partial charge in [0.1, 0.15) is 12.6 Å². The van der Waals surface area contributed by atoms with E-state index in [1.165, 1.54) is 23.1 Å². The maximum absolute atomic E-state index is 13.9. The summed E-state index contributed by atoms with van der Waals surface area (Å²) in [6, 6.07) is 19.7. The van der Waals surface area contributed by atoms with Gasteiger partial charge in [-0.15, -0.1) is 0 Å². The van der Waals surface area contributed by atoms with Crippen molar-refractivity contribution < 1.29 is 18.0 Å². The number of likely N-dealkylation sites (N-methyl/N-ethyl adjacent to an activating group) is 1. The third kappa shape index (κ3) is 6.94. The van der Waals surface area contributed by atoms with Crippen molar-refractivity contribution >= 4 is 39.1 Å². The lowest BCUT2D eigenvalue weighted by molar-refractivity contribution is -0.140. The van der Waals surface area contributed by atoms with Crippen molar-refractivity contribution in [1.82, 2.24) is 10.2 Å². The molecule has 0 aliphatic carbocycles. The van der Waals surface area contributed by atoms with Gasteiger partial charge in [-0.25, -0.2) is 8.42 Å². The van der Waals surface area contributed by atoms with Gasteiger partial charge in [0.05, 0.1) is 10.6 Å². The van der Waals surface area contributed by atoms with Crippen LogP contribution in [0.2, 0.25) is 5.02 Å². The largest absolute Gasteiger partial charge is 0.355 e. The van der Waals surface area contributed by atoms with E-state index in [4.69, 9.17) is 11.6 Å². The van der Waals surface area contributed by atoms with Gasteiger partial charge in [-0.1, -0.05) is 72.6 Å². The quantitative estimate of drug-likeness (QED) is 0.357. The Kier molecular flexibility index (Phi) is 9.94. The van der Waals surface area contributed by atoms with Gasteiger partial charge in [0.25, 0.3) is 10.0 Å². The van der Waals surface area contributed by atoms with E-state index in [2.05, 4.69) is 5.32 Å². The number of aryl methyl sites for hydroxylation is 2. The van der Waals surface area contributed by atoms with Crippen molar-refractivity contribution in [2.75, 3.05) is 17.4 Å². The highest BCUT2D eigenvalue weighted by molar-refractivity contribution is 7.92. The Labute approximate surface area is 230 Å². The minimum Gasteiger partial charge on any atom is -0.355 e. The van der Waals surface area contributed by atoms with E-state index in [1.54, 1.807) is 30.3 Å². The van der Waals surface area contributed by atoms with Crippen LogP contribution >= 0.6 is 11.6 Å². The molecule has 0 unspecified atom stereocenters. The van der Waals surface area contributed by atoms with Crippen molar-refractivity contribution in [3.63, 3.8) is 0 Å². The molecule has 0 aliphatic rings. The summed E-state index contributed by atoms with van der Waals surface area (Å²) in [5.41, 5.74) is 2.95. The molecule has 0 radical (unpaired) electrons. The number of hydrogen-bond acceptors (Lipinski definition) is 4. The van der Waals surface area contributed by atoms with Gasteiger partial charge < -0.3 is 10.2 Å². The second-order valence-electron chi connectivity index (χ2n) is 9.08. The SMILES string of the molecule is CCNC(=O)[C@H](CC)N(Cc1ccc(C)cc1)C(=O)CN(c1ccc(C)c(Cl)c1)S(=O)(=O)c1ccccc1. The van der Waals surface area contributed by atoms with Crippen molar-refractivity contribution in [2.24, 2.45) is 0 Å². The van der Waals surface area contributed by atoms with E-state index >= 15 is 0 Å². The van der Waals surface area contributed by atoms with Crippen LogP contribution in [0.3, 0.4) is 0 Å². The van der Waals surface area contributed by atoms with Crippen LogP contribution in [0.5, 0.6) is 0 Å². The maximum Gasteiger partial charge on any atom is 0.264 e. The summed E-state index contributed by atoms with van der Waals surface area (Å²) in [5, 5.41) is 3.18. The van der Waals surface area contributed by atoms with Crippen LogP contribution in [0.15, 0.2) is 77.7 Å². The average molecular weight is 556 g/mol. The standard InChI is InChI=1S/C29H34ClN3O4S/c1-5-27(29(35)31-6-2)32(19-23-15-12-21(3)13-16-23)28(34)20-33(24-17-14-22(4)26(30)18-24)38(36,37)25-10-8-7-9-11-25/h7-18,27H,5-6,19-20H2,1-4H3,(H,31,35)/t27-/m0/s1. The third-order valence-corrected chi connectivity index (χ3v) is 8.46. The smallest absolute Gasteiger partial charge is 0.264 e. The molecule has 0 bridgehead atoms. The lowest BCUT2D eigenvalue weighted by Gasteiger charge is -2.33. The Morgan fingerprint density at radius 3 is 2.18 bits per heavy atom. The summed E-state index contributed by atoms with van der Waals surface area (Å²) in [6.07, 6.45) is 0.366. The first-order chi connectivity index (χ1) is 18.1. The predicted octanol–water partition coefficient (Wildman–Crippen LogP) is 5.10. The number of sulfonamides is 1. The number of benzene rings is 3. The number of nitrogens with zero attached hydrogens (tertiary/aromatic N) is 2. The Hall–Kier alpha value is -3.36. The highest BCUT2D eigenvalue weighted by Gasteiger charge is 2.33. The van der Waals surface area contributed by atoms with E-state index in [-0.39, 0.29) is 23.0 Å². The first-order valence-corrected chi connectivity index (χ1v) is 14.4. The van der Waals surface area contributed by atoms with Crippen LogP contribution in [-0.4, -0.2) is 44.3 Å². The van der Waals surface area contributed by atoms with Crippen molar-refractivity contribution in [1.29, 1.82) is 0 Å². The molecule has 0 heterocycles. The second kappa shape index (κ2) is 12.9. The lowest BCUT2D eigenvalue weighted by Crippen LogP contribution is -2.52. The van der Waals surface area contributed by atoms with Gasteiger partial charge in [-0.2, -0.15) is 0 Å². The Morgan fingerprint density at radius 2 is 1.61 bits per heavy atom. The zero-order valence-corrected chi connectivity index (χ0v) is 23.7. The molecule has 2 amide bonds. The number of rotatable bonds is 11. The van der Waals surface area contributed by atoms with E-state index < -0.39 is 28.5 Å². The monoisotopic (exact) mass is 555 g/mol. The van der Waals surface area contributed by atoms with E-state index in [0.29, 0.717) is 18.0 Å². The summed E-state index contributed by atoms with van der Waals surface area (Å²) in [6.45, 7) is 7.49. The summed E-state index contributed by atoms with van der Waals surface area (Å²) < 4.78 is 28.6. The molecule has 3 aromatic rings. The number of carbonyl (C=O) groups excluding carboxylic acids is 2. The average Bonchev–Trinajstić information content (AvgIpc) is 2.90. The van der Waals surface area contributed by atoms with Gasteiger partial charge in [0.15, 0.2) is 0 Å². The molecular weight excluding hydrogens is 522 g/mol. The highest BCUT2D eigenvalue weighted by Crippen LogP contribution is 2.28. The fourth-order valence-electron chi connectivity index (χ4n) is 4.09. The van der Waals surface area contributed by atoms with Crippen LogP contribution in [-0.2, 0) is 26.2 Å². The second-order valence-corrected chi connectivity index (χ2v) is 11.4. The number of halogens is 1.